The summed E-state index contributed by atoms with van der Waals surface area (Å²) in [6.45, 7) is 3.94. The number of rotatable bonds is 4. The number of pyridine rings is 2. The van der Waals surface area contributed by atoms with Gasteiger partial charge < -0.3 is 10.1 Å². The van der Waals surface area contributed by atoms with E-state index >= 15 is 0 Å². The number of anilines is 2. The molecule has 5 nitrogen and oxygen atoms in total. The minimum absolute atomic E-state index is 0.286. The smallest absolute Gasteiger partial charge is 0.341 e. The Morgan fingerprint density at radius 3 is 2.79 bits per heavy atom. The minimum Gasteiger partial charge on any atom is -0.462 e. The summed E-state index contributed by atoms with van der Waals surface area (Å²) in [5.41, 5.74) is 3.02. The fraction of sp³-hybridized carbons (Fsp3) is 0.167. The zero-order chi connectivity index (χ0) is 17.1. The molecule has 6 heteroatoms. The molecule has 2 aromatic heterocycles. The molecule has 1 aromatic carbocycles. The summed E-state index contributed by atoms with van der Waals surface area (Å²) in [7, 11) is 0. The Bertz CT molecular complexity index is 912. The van der Waals surface area contributed by atoms with Crippen molar-refractivity contribution in [1.29, 1.82) is 0 Å². The Morgan fingerprint density at radius 2 is 2.04 bits per heavy atom. The van der Waals surface area contributed by atoms with Crippen LogP contribution < -0.4 is 5.32 Å². The lowest BCUT2D eigenvalue weighted by atomic mass is 10.1. The molecule has 3 aromatic rings. The highest BCUT2D eigenvalue weighted by Crippen LogP contribution is 2.32. The van der Waals surface area contributed by atoms with Crippen molar-refractivity contribution in [2.24, 2.45) is 0 Å². The van der Waals surface area contributed by atoms with Crippen molar-refractivity contribution < 1.29 is 9.53 Å². The summed E-state index contributed by atoms with van der Waals surface area (Å²) in [6.07, 6.45) is 1.48. The van der Waals surface area contributed by atoms with Crippen molar-refractivity contribution >= 4 is 40.0 Å². The number of hydrogen-bond donors (Lipinski definition) is 1. The number of benzene rings is 1. The molecule has 0 fully saturated rings. The van der Waals surface area contributed by atoms with Gasteiger partial charge in [-0.3, -0.25) is 0 Å². The molecule has 0 saturated heterocycles. The van der Waals surface area contributed by atoms with Crippen molar-refractivity contribution in [3.63, 3.8) is 0 Å². The number of carbonyl (C=O) groups excluding carboxylic acids is 1. The molecule has 0 unspecified atom stereocenters. The zero-order valence-corrected chi connectivity index (χ0v) is 14.1. The van der Waals surface area contributed by atoms with Gasteiger partial charge in [0.1, 0.15) is 5.56 Å². The van der Waals surface area contributed by atoms with Crippen LogP contribution in [0.5, 0.6) is 0 Å². The summed E-state index contributed by atoms with van der Waals surface area (Å²) in [5, 5.41) is 4.51. The van der Waals surface area contributed by atoms with Crippen LogP contribution in [0.3, 0.4) is 0 Å². The van der Waals surface area contributed by atoms with Crippen LogP contribution in [0.4, 0.5) is 11.4 Å². The molecular formula is C18H16ClN3O2. The van der Waals surface area contributed by atoms with Crippen LogP contribution in [0.1, 0.15) is 23.0 Å². The van der Waals surface area contributed by atoms with E-state index in [1.807, 2.05) is 37.3 Å². The molecule has 0 aliphatic carbocycles. The molecule has 0 atom stereocenters. The fourth-order valence-electron chi connectivity index (χ4n) is 2.37. The van der Waals surface area contributed by atoms with Crippen molar-refractivity contribution in [1.82, 2.24) is 9.97 Å². The second kappa shape index (κ2) is 6.84. The van der Waals surface area contributed by atoms with Crippen molar-refractivity contribution in [2.75, 3.05) is 11.9 Å². The lowest BCUT2D eigenvalue weighted by Crippen LogP contribution is -2.09. The molecule has 0 spiro atoms. The predicted molar refractivity (Wildman–Crippen MR) is 95.0 cm³/mol. The van der Waals surface area contributed by atoms with Crippen LogP contribution in [-0.4, -0.2) is 22.5 Å². The van der Waals surface area contributed by atoms with Gasteiger partial charge in [-0.15, -0.1) is 0 Å². The second-order valence-corrected chi connectivity index (χ2v) is 5.60. The number of fused-ring (bicyclic) bond motifs is 1. The third-order valence-corrected chi connectivity index (χ3v) is 3.83. The van der Waals surface area contributed by atoms with Crippen LogP contribution in [-0.2, 0) is 4.74 Å². The van der Waals surface area contributed by atoms with Crippen LogP contribution in [0.15, 0.2) is 42.6 Å². The van der Waals surface area contributed by atoms with Gasteiger partial charge in [0.05, 0.1) is 23.0 Å². The van der Waals surface area contributed by atoms with Crippen molar-refractivity contribution in [3.05, 3.63) is 58.9 Å². The number of ether oxygens (including phenoxy) is 1. The van der Waals surface area contributed by atoms with Gasteiger partial charge in [0.25, 0.3) is 0 Å². The average molecular weight is 342 g/mol. The van der Waals surface area contributed by atoms with Gasteiger partial charge in [0, 0.05) is 17.3 Å². The van der Waals surface area contributed by atoms with Gasteiger partial charge in [0.15, 0.2) is 5.65 Å². The highest BCUT2D eigenvalue weighted by atomic mass is 35.5. The van der Waals surface area contributed by atoms with E-state index in [9.17, 15) is 4.79 Å². The topological polar surface area (TPSA) is 64.1 Å². The average Bonchev–Trinajstić information content (AvgIpc) is 2.57. The van der Waals surface area contributed by atoms with E-state index in [4.69, 9.17) is 16.3 Å². The molecule has 0 saturated carbocycles. The molecule has 0 aliphatic heterocycles. The summed E-state index contributed by atoms with van der Waals surface area (Å²) < 4.78 is 5.14. The highest BCUT2D eigenvalue weighted by molar-refractivity contribution is 6.33. The van der Waals surface area contributed by atoms with Gasteiger partial charge in [-0.25, -0.2) is 14.8 Å². The molecular weight excluding hydrogens is 326 g/mol. The number of hydrogen-bond acceptors (Lipinski definition) is 5. The lowest BCUT2D eigenvalue weighted by molar-refractivity contribution is 0.0527. The maximum Gasteiger partial charge on any atom is 0.341 e. The summed E-state index contributed by atoms with van der Waals surface area (Å²) in [6, 6.07) is 11.1. The van der Waals surface area contributed by atoms with E-state index < -0.39 is 5.97 Å². The number of carbonyl (C=O) groups is 1. The molecule has 0 bridgehead atoms. The second-order valence-electron chi connectivity index (χ2n) is 5.20. The van der Waals surface area contributed by atoms with Gasteiger partial charge in [-0.1, -0.05) is 23.7 Å². The van der Waals surface area contributed by atoms with Gasteiger partial charge in [-0.05, 0) is 38.1 Å². The van der Waals surface area contributed by atoms with Crippen molar-refractivity contribution in [2.45, 2.75) is 13.8 Å². The number of aryl methyl sites for hydroxylation is 1. The largest absolute Gasteiger partial charge is 0.462 e. The van der Waals surface area contributed by atoms with Gasteiger partial charge in [0.2, 0.25) is 0 Å². The number of esters is 1. The maximum absolute atomic E-state index is 12.3. The standard InChI is InChI=1S/C18H16ClN3O2/c1-3-24-18(23)13-10-20-17-12(9-8-11(2)21-17)16(13)22-15-7-5-4-6-14(15)19/h4-10H,3H2,1-2H3,(H,20,21,22). The molecule has 24 heavy (non-hydrogen) atoms. The van der Waals surface area contributed by atoms with E-state index in [1.165, 1.54) is 6.20 Å². The lowest BCUT2D eigenvalue weighted by Gasteiger charge is -2.14. The molecule has 0 radical (unpaired) electrons. The first-order valence-electron chi connectivity index (χ1n) is 7.55. The maximum atomic E-state index is 12.3. The Hall–Kier alpha value is -2.66. The Labute approximate surface area is 144 Å². The van der Waals surface area contributed by atoms with Crippen LogP contribution >= 0.6 is 11.6 Å². The zero-order valence-electron chi connectivity index (χ0n) is 13.3. The van der Waals surface area contributed by atoms with E-state index in [-0.39, 0.29) is 6.61 Å². The number of nitrogens with one attached hydrogen (secondary N) is 1. The van der Waals surface area contributed by atoms with Gasteiger partial charge >= 0.3 is 5.97 Å². The first-order chi connectivity index (χ1) is 11.6. The quantitative estimate of drug-likeness (QED) is 0.707. The summed E-state index contributed by atoms with van der Waals surface area (Å²) >= 11 is 6.23. The van der Waals surface area contributed by atoms with E-state index in [0.29, 0.717) is 27.6 Å². The van der Waals surface area contributed by atoms with Crippen LogP contribution in [0, 0.1) is 6.92 Å². The molecule has 0 amide bonds. The van der Waals surface area contributed by atoms with Crippen LogP contribution in [0.2, 0.25) is 5.02 Å². The summed E-state index contributed by atoms with van der Waals surface area (Å²) in [5.74, 6) is -0.443. The number of para-hydroxylation sites is 1. The third-order valence-electron chi connectivity index (χ3n) is 3.50. The first kappa shape index (κ1) is 16.2. The summed E-state index contributed by atoms with van der Waals surface area (Å²) in [4.78, 5) is 21.0. The van der Waals surface area contributed by atoms with E-state index in [0.717, 1.165) is 11.1 Å². The fourth-order valence-corrected chi connectivity index (χ4v) is 2.55. The SMILES string of the molecule is CCOC(=O)c1cnc2nc(C)ccc2c1Nc1ccccc1Cl. The minimum atomic E-state index is -0.443. The molecule has 2 heterocycles. The molecule has 0 aliphatic rings. The van der Waals surface area contributed by atoms with E-state index in [2.05, 4.69) is 15.3 Å². The highest BCUT2D eigenvalue weighted by Gasteiger charge is 2.18. The Morgan fingerprint density at radius 1 is 1.25 bits per heavy atom. The van der Waals surface area contributed by atoms with Gasteiger partial charge in [-0.2, -0.15) is 0 Å². The first-order valence-corrected chi connectivity index (χ1v) is 7.93. The Kier molecular flexibility index (Phi) is 4.62. The molecule has 122 valence electrons. The number of nitrogens with zero attached hydrogens (tertiary/aromatic N) is 2. The third kappa shape index (κ3) is 3.16. The molecule has 1 N–H and O–H groups in total. The predicted octanol–water partition coefficient (Wildman–Crippen LogP) is 4.51. The monoisotopic (exact) mass is 341 g/mol. The van der Waals surface area contributed by atoms with Crippen LogP contribution in [0.25, 0.3) is 11.0 Å². The number of aromatic nitrogens is 2. The molecule has 3 rings (SSSR count). The van der Waals surface area contributed by atoms with E-state index in [1.54, 1.807) is 13.0 Å². The normalized spacial score (nSPS) is 10.6. The number of halogens is 1. The Balaban J connectivity index is 2.18. The van der Waals surface area contributed by atoms with Crippen molar-refractivity contribution in [3.8, 4) is 0 Å².